The number of aliphatic hydroxyl groups excluding tert-OH is 1. The zero-order valence-corrected chi connectivity index (χ0v) is 12.2. The minimum Gasteiger partial charge on any atom is -0.487 e. The van der Waals surface area contributed by atoms with Crippen LogP contribution in [0.5, 0.6) is 5.75 Å². The first kappa shape index (κ1) is 13.9. The molecule has 1 aromatic rings. The van der Waals surface area contributed by atoms with Crippen molar-refractivity contribution in [2.75, 3.05) is 26.4 Å². The van der Waals surface area contributed by atoms with E-state index in [1.165, 1.54) is 11.1 Å². The summed E-state index contributed by atoms with van der Waals surface area (Å²) in [6.45, 7) is 7.34. The zero-order chi connectivity index (χ0) is 14.2. The summed E-state index contributed by atoms with van der Waals surface area (Å²) in [5, 5.41) is 12.8. The Bertz CT molecular complexity index is 489. The topological polar surface area (TPSA) is 50.7 Å². The van der Waals surface area contributed by atoms with E-state index >= 15 is 0 Å². The smallest absolute Gasteiger partial charge is 0.123 e. The van der Waals surface area contributed by atoms with Crippen LogP contribution in [0.15, 0.2) is 18.2 Å². The molecule has 0 aromatic heterocycles. The van der Waals surface area contributed by atoms with Gasteiger partial charge < -0.3 is 19.9 Å². The average molecular weight is 277 g/mol. The molecule has 0 spiro atoms. The lowest BCUT2D eigenvalue weighted by molar-refractivity contribution is -0.134. The van der Waals surface area contributed by atoms with E-state index in [-0.39, 0.29) is 17.6 Å². The highest BCUT2D eigenvalue weighted by atomic mass is 16.5. The number of fused-ring (bicyclic) bond motifs is 1. The molecule has 3 rings (SSSR count). The number of aliphatic hydroxyl groups is 1. The van der Waals surface area contributed by atoms with Crippen molar-refractivity contribution in [1.29, 1.82) is 0 Å². The monoisotopic (exact) mass is 277 g/mol. The van der Waals surface area contributed by atoms with Crippen LogP contribution in [0.3, 0.4) is 0 Å². The first-order valence-electron chi connectivity index (χ1n) is 7.22. The van der Waals surface area contributed by atoms with Gasteiger partial charge in [-0.05, 0) is 31.0 Å². The highest BCUT2D eigenvalue weighted by Crippen LogP contribution is 2.35. The summed E-state index contributed by atoms with van der Waals surface area (Å²) in [5.41, 5.74) is 2.40. The van der Waals surface area contributed by atoms with Crippen LogP contribution in [0, 0.1) is 5.41 Å². The second-order valence-electron chi connectivity index (χ2n) is 6.74. The molecule has 0 radical (unpaired) electrons. The lowest BCUT2D eigenvalue weighted by atomic mass is 9.87. The molecular formula is C16H23NO3. The molecule has 1 saturated heterocycles. The molecule has 2 N–H and O–H groups in total. The fraction of sp³-hybridized carbons (Fsp3) is 0.625. The van der Waals surface area contributed by atoms with E-state index in [2.05, 4.69) is 37.4 Å². The van der Waals surface area contributed by atoms with Crippen LogP contribution in [0.25, 0.3) is 0 Å². The largest absolute Gasteiger partial charge is 0.487 e. The Morgan fingerprint density at radius 1 is 1.30 bits per heavy atom. The van der Waals surface area contributed by atoms with Gasteiger partial charge in [-0.25, -0.2) is 0 Å². The molecule has 0 saturated carbocycles. The second kappa shape index (κ2) is 5.02. The second-order valence-corrected chi connectivity index (χ2v) is 6.74. The van der Waals surface area contributed by atoms with Crippen LogP contribution in [0.4, 0.5) is 0 Å². The van der Waals surface area contributed by atoms with E-state index < -0.39 is 0 Å². The van der Waals surface area contributed by atoms with E-state index in [0.29, 0.717) is 13.2 Å². The lowest BCUT2D eigenvalue weighted by Gasteiger charge is -2.40. The third-order valence-electron chi connectivity index (χ3n) is 4.11. The van der Waals surface area contributed by atoms with Crippen molar-refractivity contribution in [3.05, 3.63) is 29.3 Å². The maximum atomic E-state index is 9.38. The van der Waals surface area contributed by atoms with Crippen molar-refractivity contribution in [2.24, 2.45) is 5.41 Å². The first-order valence-corrected chi connectivity index (χ1v) is 7.22. The first-order chi connectivity index (χ1) is 9.52. The maximum absolute atomic E-state index is 9.38. The van der Waals surface area contributed by atoms with Gasteiger partial charge in [0.05, 0.1) is 25.2 Å². The van der Waals surface area contributed by atoms with E-state index in [4.69, 9.17) is 9.47 Å². The standard InChI is InChI=1S/C16H23NO3/c1-15(2)6-13-5-12(3-4-14(13)20-15)7-17-8-16(9-18)10-19-11-16/h3-5,17-18H,6-11H2,1-2H3. The number of hydrogen-bond acceptors (Lipinski definition) is 4. The maximum Gasteiger partial charge on any atom is 0.123 e. The fourth-order valence-electron chi connectivity index (χ4n) is 2.88. The van der Waals surface area contributed by atoms with Crippen LogP contribution < -0.4 is 10.1 Å². The predicted octanol–water partition coefficient (Wildman–Crippen LogP) is 1.50. The van der Waals surface area contributed by atoms with Gasteiger partial charge in [-0.3, -0.25) is 0 Å². The van der Waals surface area contributed by atoms with Crippen molar-refractivity contribution in [3.8, 4) is 5.75 Å². The molecule has 0 atom stereocenters. The molecule has 4 nitrogen and oxygen atoms in total. The Balaban J connectivity index is 1.57. The van der Waals surface area contributed by atoms with Gasteiger partial charge in [0.1, 0.15) is 11.4 Å². The van der Waals surface area contributed by atoms with Gasteiger partial charge in [-0.2, -0.15) is 0 Å². The summed E-state index contributed by atoms with van der Waals surface area (Å²) in [4.78, 5) is 0. The fourth-order valence-corrected chi connectivity index (χ4v) is 2.88. The van der Waals surface area contributed by atoms with E-state index in [1.54, 1.807) is 0 Å². The summed E-state index contributed by atoms with van der Waals surface area (Å²) in [5.74, 6) is 1.01. The van der Waals surface area contributed by atoms with Crippen LogP contribution >= 0.6 is 0 Å². The highest BCUT2D eigenvalue weighted by Gasteiger charge is 2.37. The van der Waals surface area contributed by atoms with E-state index in [9.17, 15) is 5.11 Å². The van der Waals surface area contributed by atoms with Crippen LogP contribution in [-0.4, -0.2) is 37.1 Å². The average Bonchev–Trinajstić information content (AvgIpc) is 2.65. The normalized spacial score (nSPS) is 21.9. The summed E-state index contributed by atoms with van der Waals surface area (Å²) >= 11 is 0. The van der Waals surface area contributed by atoms with Gasteiger partial charge in [0, 0.05) is 19.5 Å². The third kappa shape index (κ3) is 2.68. The van der Waals surface area contributed by atoms with Gasteiger partial charge in [0.25, 0.3) is 0 Å². The van der Waals surface area contributed by atoms with Gasteiger partial charge in [0.15, 0.2) is 0 Å². The Labute approximate surface area is 120 Å². The molecule has 20 heavy (non-hydrogen) atoms. The van der Waals surface area contributed by atoms with E-state index in [1.807, 2.05) is 0 Å². The molecule has 0 aliphatic carbocycles. The Morgan fingerprint density at radius 2 is 2.10 bits per heavy atom. The molecule has 4 heteroatoms. The zero-order valence-electron chi connectivity index (χ0n) is 12.2. The summed E-state index contributed by atoms with van der Waals surface area (Å²) in [6.07, 6.45) is 0.963. The number of ether oxygens (including phenoxy) is 2. The number of benzene rings is 1. The van der Waals surface area contributed by atoms with Gasteiger partial charge in [-0.1, -0.05) is 12.1 Å². The van der Waals surface area contributed by atoms with Crippen LogP contribution in [-0.2, 0) is 17.7 Å². The number of rotatable bonds is 5. The van der Waals surface area contributed by atoms with Crippen molar-refractivity contribution in [2.45, 2.75) is 32.4 Å². The lowest BCUT2D eigenvalue weighted by Crippen LogP contribution is -2.52. The number of nitrogens with one attached hydrogen (secondary N) is 1. The minimum absolute atomic E-state index is 0.0676. The molecular weight excluding hydrogens is 254 g/mol. The van der Waals surface area contributed by atoms with Crippen LogP contribution in [0.2, 0.25) is 0 Å². The van der Waals surface area contributed by atoms with Crippen molar-refractivity contribution < 1.29 is 14.6 Å². The molecule has 2 aliphatic heterocycles. The number of hydrogen-bond donors (Lipinski definition) is 2. The molecule has 0 amide bonds. The summed E-state index contributed by atoms with van der Waals surface area (Å²) in [7, 11) is 0. The van der Waals surface area contributed by atoms with Gasteiger partial charge >= 0.3 is 0 Å². The minimum atomic E-state index is -0.0847. The summed E-state index contributed by atoms with van der Waals surface area (Å²) < 4.78 is 11.1. The molecule has 1 fully saturated rings. The molecule has 2 aliphatic rings. The quantitative estimate of drug-likeness (QED) is 0.856. The molecule has 2 heterocycles. The van der Waals surface area contributed by atoms with Crippen molar-refractivity contribution >= 4 is 0 Å². The van der Waals surface area contributed by atoms with Gasteiger partial charge in [0.2, 0.25) is 0 Å². The molecule has 0 bridgehead atoms. The molecule has 110 valence electrons. The van der Waals surface area contributed by atoms with Crippen molar-refractivity contribution in [1.82, 2.24) is 5.32 Å². The van der Waals surface area contributed by atoms with E-state index in [0.717, 1.165) is 25.3 Å². The Kier molecular flexibility index (Phi) is 3.48. The SMILES string of the molecule is CC1(C)Cc2cc(CNCC3(CO)COC3)ccc2O1. The molecule has 0 unspecified atom stereocenters. The highest BCUT2D eigenvalue weighted by molar-refractivity contribution is 5.41. The molecule has 1 aromatic carbocycles. The van der Waals surface area contributed by atoms with Gasteiger partial charge in [-0.15, -0.1) is 0 Å². The summed E-state index contributed by atoms with van der Waals surface area (Å²) in [6, 6.07) is 6.39. The Hall–Kier alpha value is -1.10. The third-order valence-corrected chi connectivity index (χ3v) is 4.11. The Morgan fingerprint density at radius 3 is 2.75 bits per heavy atom. The van der Waals surface area contributed by atoms with Crippen LogP contribution in [0.1, 0.15) is 25.0 Å². The van der Waals surface area contributed by atoms with Crippen molar-refractivity contribution in [3.63, 3.8) is 0 Å². The predicted molar refractivity (Wildman–Crippen MR) is 76.9 cm³/mol.